The summed E-state index contributed by atoms with van der Waals surface area (Å²) in [7, 11) is 0. The van der Waals surface area contributed by atoms with E-state index in [9.17, 15) is 9.18 Å². The Morgan fingerprint density at radius 3 is 2.90 bits per heavy atom. The van der Waals surface area contributed by atoms with E-state index in [1.165, 1.54) is 34.5 Å². The fraction of sp³-hybridized carbons (Fsp3) is 0.150. The van der Waals surface area contributed by atoms with Crippen LogP contribution in [-0.2, 0) is 0 Å². The van der Waals surface area contributed by atoms with Crippen molar-refractivity contribution in [2.24, 2.45) is 0 Å². The first-order valence-corrected chi connectivity index (χ1v) is 10.1. The van der Waals surface area contributed by atoms with Gasteiger partial charge in [-0.2, -0.15) is 0 Å². The van der Waals surface area contributed by atoms with E-state index in [1.807, 2.05) is 19.2 Å². The quantitative estimate of drug-likeness (QED) is 0.459. The Morgan fingerprint density at radius 2 is 2.07 bits per heavy atom. The van der Waals surface area contributed by atoms with E-state index in [1.54, 1.807) is 18.2 Å². The van der Waals surface area contributed by atoms with Crippen molar-refractivity contribution in [3.63, 3.8) is 0 Å². The van der Waals surface area contributed by atoms with Crippen molar-refractivity contribution in [3.05, 3.63) is 69.9 Å². The predicted molar refractivity (Wildman–Crippen MR) is 113 cm³/mol. The summed E-state index contributed by atoms with van der Waals surface area (Å²) in [6.07, 6.45) is 2.94. The van der Waals surface area contributed by atoms with Crippen LogP contribution in [0.25, 0.3) is 27.3 Å². The molecule has 10 heteroatoms. The van der Waals surface area contributed by atoms with Crippen LogP contribution < -0.4 is 10.9 Å². The summed E-state index contributed by atoms with van der Waals surface area (Å²) in [5.74, 6) is 0.0459. The van der Waals surface area contributed by atoms with Crippen LogP contribution >= 0.6 is 11.3 Å². The molecular weight excluding hydrogens is 405 g/mol. The molecule has 5 rings (SSSR count). The van der Waals surface area contributed by atoms with Crippen molar-refractivity contribution in [2.75, 3.05) is 5.32 Å². The lowest BCUT2D eigenvalue weighted by atomic mass is 10.0. The maximum absolute atomic E-state index is 14.7. The number of halogens is 1. The predicted octanol–water partition coefficient (Wildman–Crippen LogP) is 3.71. The lowest BCUT2D eigenvalue weighted by molar-refractivity contribution is 0.630. The Hall–Kier alpha value is -3.66. The van der Waals surface area contributed by atoms with Gasteiger partial charge in [0, 0.05) is 16.6 Å². The Morgan fingerprint density at radius 1 is 1.23 bits per heavy atom. The van der Waals surface area contributed by atoms with Crippen molar-refractivity contribution in [3.8, 4) is 11.1 Å². The molecule has 4 heterocycles. The molecule has 0 aliphatic rings. The zero-order valence-electron chi connectivity index (χ0n) is 16.0. The molecule has 1 aromatic carbocycles. The minimum Gasteiger partial charge on any atom is -0.360 e. The van der Waals surface area contributed by atoms with Gasteiger partial charge in [-0.3, -0.25) is 9.20 Å². The number of nitrogens with one attached hydrogen (secondary N) is 2. The van der Waals surface area contributed by atoms with Gasteiger partial charge in [-0.15, -0.1) is 11.3 Å². The third-order valence-electron chi connectivity index (χ3n) is 4.90. The van der Waals surface area contributed by atoms with Gasteiger partial charge in [0.15, 0.2) is 16.4 Å². The molecular formula is C20H16FN7OS. The molecule has 30 heavy (non-hydrogen) atoms. The van der Waals surface area contributed by atoms with Gasteiger partial charge >= 0.3 is 0 Å². The Kier molecular flexibility index (Phi) is 4.28. The van der Waals surface area contributed by atoms with Crippen LogP contribution in [0, 0.1) is 12.7 Å². The number of thiazole rings is 1. The van der Waals surface area contributed by atoms with E-state index in [0.29, 0.717) is 27.6 Å². The number of aryl methyl sites for hydroxylation is 1. The third-order valence-corrected chi connectivity index (χ3v) is 5.84. The second-order valence-corrected chi connectivity index (χ2v) is 7.68. The summed E-state index contributed by atoms with van der Waals surface area (Å²) in [5, 5.41) is 5.12. The first-order chi connectivity index (χ1) is 14.5. The van der Waals surface area contributed by atoms with Gasteiger partial charge in [-0.05, 0) is 19.9 Å². The monoisotopic (exact) mass is 421 g/mol. The van der Waals surface area contributed by atoms with Crippen molar-refractivity contribution in [1.82, 2.24) is 29.3 Å². The minimum absolute atomic E-state index is 0.216. The van der Waals surface area contributed by atoms with Gasteiger partial charge in [0.25, 0.3) is 5.56 Å². The number of hydrogen-bond acceptors (Lipinski definition) is 7. The number of rotatable bonds is 4. The summed E-state index contributed by atoms with van der Waals surface area (Å²) < 4.78 is 16.2. The molecule has 150 valence electrons. The van der Waals surface area contributed by atoms with E-state index in [4.69, 9.17) is 4.98 Å². The van der Waals surface area contributed by atoms with Crippen LogP contribution in [0.2, 0.25) is 0 Å². The number of benzene rings is 1. The van der Waals surface area contributed by atoms with Gasteiger partial charge in [0.1, 0.15) is 17.7 Å². The van der Waals surface area contributed by atoms with Crippen molar-refractivity contribution in [2.45, 2.75) is 19.9 Å². The van der Waals surface area contributed by atoms with Gasteiger partial charge in [0.05, 0.1) is 23.6 Å². The summed E-state index contributed by atoms with van der Waals surface area (Å²) in [6.45, 7) is 3.68. The van der Waals surface area contributed by atoms with Crippen LogP contribution in [0.1, 0.15) is 24.4 Å². The molecule has 0 amide bonds. The zero-order valence-corrected chi connectivity index (χ0v) is 16.9. The number of hydrogen-bond donors (Lipinski definition) is 2. The average Bonchev–Trinajstić information content (AvgIpc) is 3.36. The molecule has 8 nitrogen and oxygen atoms in total. The van der Waals surface area contributed by atoms with Crippen LogP contribution in [0.3, 0.4) is 0 Å². The average molecular weight is 421 g/mol. The van der Waals surface area contributed by atoms with Crippen molar-refractivity contribution < 1.29 is 4.39 Å². The number of H-pyrrole nitrogens is 1. The highest BCUT2D eigenvalue weighted by molar-refractivity contribution is 7.15. The summed E-state index contributed by atoms with van der Waals surface area (Å²) in [5.41, 5.74) is 2.50. The highest BCUT2D eigenvalue weighted by Gasteiger charge is 2.23. The summed E-state index contributed by atoms with van der Waals surface area (Å²) in [4.78, 5) is 34.2. The number of anilines is 1. The SMILES string of the molecule is Cc1csc2nc([C@H](C)Nc3ncnc4nc[nH]c34)c(-c3ccccc3F)c(=O)n12. The first-order valence-electron chi connectivity index (χ1n) is 9.21. The number of nitrogens with zero attached hydrogens (tertiary/aromatic N) is 5. The summed E-state index contributed by atoms with van der Waals surface area (Å²) >= 11 is 1.37. The molecule has 0 aliphatic carbocycles. The largest absolute Gasteiger partial charge is 0.360 e. The molecule has 1 atom stereocenters. The van der Waals surface area contributed by atoms with Crippen molar-refractivity contribution in [1.29, 1.82) is 0 Å². The van der Waals surface area contributed by atoms with E-state index in [-0.39, 0.29) is 16.7 Å². The highest BCUT2D eigenvalue weighted by atomic mass is 32.1. The number of aromatic amines is 1. The minimum atomic E-state index is -0.476. The highest BCUT2D eigenvalue weighted by Crippen LogP contribution is 2.30. The second kappa shape index (κ2) is 6.99. The van der Waals surface area contributed by atoms with Crippen LogP contribution in [-0.4, -0.2) is 29.3 Å². The number of fused-ring (bicyclic) bond motifs is 2. The second-order valence-electron chi connectivity index (χ2n) is 6.84. The van der Waals surface area contributed by atoms with Crippen LogP contribution in [0.15, 0.2) is 47.1 Å². The fourth-order valence-corrected chi connectivity index (χ4v) is 4.34. The van der Waals surface area contributed by atoms with Crippen molar-refractivity contribution >= 4 is 33.3 Å². The third kappa shape index (κ3) is 2.84. The molecule has 0 radical (unpaired) electrons. The molecule has 2 N–H and O–H groups in total. The van der Waals surface area contributed by atoms with Crippen LogP contribution in [0.5, 0.6) is 0 Å². The zero-order chi connectivity index (χ0) is 20.8. The number of aromatic nitrogens is 6. The van der Waals surface area contributed by atoms with Gasteiger partial charge < -0.3 is 10.3 Å². The molecule has 4 aromatic heterocycles. The van der Waals surface area contributed by atoms with E-state index < -0.39 is 11.9 Å². The Labute approximate surface area is 173 Å². The maximum atomic E-state index is 14.7. The fourth-order valence-electron chi connectivity index (χ4n) is 3.48. The molecule has 0 unspecified atom stereocenters. The maximum Gasteiger partial charge on any atom is 0.267 e. The number of imidazole rings is 1. The molecule has 5 aromatic rings. The topological polar surface area (TPSA) is 101 Å². The van der Waals surface area contributed by atoms with Gasteiger partial charge in [-0.25, -0.2) is 24.3 Å². The smallest absolute Gasteiger partial charge is 0.267 e. The van der Waals surface area contributed by atoms with E-state index in [2.05, 4.69) is 25.3 Å². The molecule has 0 fully saturated rings. The van der Waals surface area contributed by atoms with Crippen LogP contribution in [0.4, 0.5) is 10.2 Å². The Balaban J connectivity index is 1.71. The molecule has 0 saturated carbocycles. The lowest BCUT2D eigenvalue weighted by Gasteiger charge is -2.18. The Bertz CT molecular complexity index is 1450. The van der Waals surface area contributed by atoms with Gasteiger partial charge in [-0.1, -0.05) is 18.2 Å². The molecule has 0 aliphatic heterocycles. The standard InChI is InChI=1S/C20H16FN7OS/c1-10-7-30-20-27-15(11(2)26-18-16-17(23-8-22-16)24-9-25-18)14(19(29)28(10)20)12-5-3-4-6-13(12)21/h3-9,11H,1-2H3,(H2,22,23,24,25,26)/t11-/m0/s1. The van der Waals surface area contributed by atoms with E-state index >= 15 is 0 Å². The summed E-state index contributed by atoms with van der Waals surface area (Å²) in [6, 6.07) is 5.78. The normalized spacial score (nSPS) is 12.5. The van der Waals surface area contributed by atoms with Gasteiger partial charge in [0.2, 0.25) is 0 Å². The molecule has 0 bridgehead atoms. The lowest BCUT2D eigenvalue weighted by Crippen LogP contribution is -2.23. The first kappa shape index (κ1) is 18.4. The molecule has 0 spiro atoms. The molecule has 0 saturated heterocycles. The van der Waals surface area contributed by atoms with E-state index in [0.717, 1.165) is 5.69 Å².